The van der Waals surface area contributed by atoms with Crippen LogP contribution in [0.5, 0.6) is 0 Å². The third-order valence-corrected chi connectivity index (χ3v) is 7.91. The molecule has 0 saturated carbocycles. The number of rotatable bonds is 4. The van der Waals surface area contributed by atoms with Gasteiger partial charge in [-0.2, -0.15) is 10.2 Å². The van der Waals surface area contributed by atoms with Gasteiger partial charge in [0.15, 0.2) is 10.9 Å². The van der Waals surface area contributed by atoms with Crippen LogP contribution in [0.4, 0.5) is 16.6 Å². The van der Waals surface area contributed by atoms with Crippen LogP contribution in [0, 0.1) is 16.7 Å². The molecule has 0 N–H and O–H groups in total. The van der Waals surface area contributed by atoms with Crippen molar-refractivity contribution in [2.24, 2.45) is 5.41 Å². The third-order valence-electron chi connectivity index (χ3n) is 7.01. The largest absolute Gasteiger partial charge is 0.346 e. The van der Waals surface area contributed by atoms with Crippen LogP contribution in [0.3, 0.4) is 0 Å². The average Bonchev–Trinajstić information content (AvgIpc) is 3.53. The number of benzene rings is 2. The van der Waals surface area contributed by atoms with Gasteiger partial charge in [0.2, 0.25) is 5.82 Å². The van der Waals surface area contributed by atoms with E-state index in [0.717, 1.165) is 53.6 Å². The molecule has 6 rings (SSSR count). The lowest BCUT2D eigenvalue weighted by Crippen LogP contribution is -2.48. The van der Waals surface area contributed by atoms with E-state index in [1.807, 2.05) is 47.5 Å². The number of amides is 1. The van der Waals surface area contributed by atoms with E-state index in [1.165, 1.54) is 0 Å². The Labute approximate surface area is 231 Å². The number of nitriles is 1. The van der Waals surface area contributed by atoms with Gasteiger partial charge in [-0.1, -0.05) is 39.0 Å². The summed E-state index contributed by atoms with van der Waals surface area (Å²) >= 11 is 1.66. The highest BCUT2D eigenvalue weighted by atomic mass is 32.1. The normalized spacial score (nSPS) is 15.7. The van der Waals surface area contributed by atoms with E-state index in [0.29, 0.717) is 23.4 Å². The lowest BCUT2D eigenvalue weighted by Gasteiger charge is -2.35. The number of piperazine rings is 1. The van der Waals surface area contributed by atoms with Gasteiger partial charge in [0, 0.05) is 49.2 Å². The molecule has 10 heteroatoms. The van der Waals surface area contributed by atoms with E-state index < -0.39 is 0 Å². The maximum atomic E-state index is 14.0. The Morgan fingerprint density at radius 3 is 2.46 bits per heavy atom. The first-order chi connectivity index (χ1) is 18.7. The van der Waals surface area contributed by atoms with Crippen LogP contribution in [0.1, 0.15) is 37.0 Å². The van der Waals surface area contributed by atoms with Gasteiger partial charge in [0.1, 0.15) is 6.07 Å². The molecular formula is C29H30N8OS. The van der Waals surface area contributed by atoms with Crippen LogP contribution >= 0.6 is 11.3 Å². The van der Waals surface area contributed by atoms with E-state index in [1.54, 1.807) is 16.3 Å². The van der Waals surface area contributed by atoms with Crippen molar-refractivity contribution in [3.8, 4) is 17.3 Å². The molecule has 2 aromatic carbocycles. The van der Waals surface area contributed by atoms with Gasteiger partial charge in [-0.15, -0.1) is 11.3 Å². The van der Waals surface area contributed by atoms with Crippen LogP contribution in [-0.4, -0.2) is 65.5 Å². The highest BCUT2D eigenvalue weighted by molar-refractivity contribution is 7.14. The quantitative estimate of drug-likeness (QED) is 0.366. The lowest BCUT2D eigenvalue weighted by atomic mass is 9.96. The van der Waals surface area contributed by atoms with Crippen LogP contribution in [0.2, 0.25) is 0 Å². The molecule has 1 amide bonds. The van der Waals surface area contributed by atoms with Crippen molar-refractivity contribution in [3.63, 3.8) is 0 Å². The maximum absolute atomic E-state index is 14.0. The fourth-order valence-electron chi connectivity index (χ4n) is 5.04. The number of hydrogen-bond donors (Lipinski definition) is 0. The average molecular weight is 539 g/mol. The van der Waals surface area contributed by atoms with Gasteiger partial charge in [-0.05, 0) is 36.7 Å². The molecular weight excluding hydrogens is 508 g/mol. The molecule has 0 atom stereocenters. The molecule has 9 nitrogen and oxygen atoms in total. The van der Waals surface area contributed by atoms with Crippen LogP contribution < -0.4 is 14.9 Å². The summed E-state index contributed by atoms with van der Waals surface area (Å²) in [6.45, 7) is 10.9. The van der Waals surface area contributed by atoms with Crippen molar-refractivity contribution >= 4 is 44.8 Å². The second kappa shape index (κ2) is 9.59. The summed E-state index contributed by atoms with van der Waals surface area (Å²) in [5.74, 6) is 0.517. The maximum Gasteiger partial charge on any atom is 0.277 e. The molecule has 0 spiro atoms. The topological polar surface area (TPSA) is 92.5 Å². The number of carbonyl (C=O) groups excluding carboxylic acids is 1. The summed E-state index contributed by atoms with van der Waals surface area (Å²) in [6.07, 6.45) is 0. The Hall–Kier alpha value is -4.07. The van der Waals surface area contributed by atoms with Crippen molar-refractivity contribution in [2.45, 2.75) is 20.8 Å². The zero-order valence-corrected chi connectivity index (χ0v) is 23.4. The molecule has 198 valence electrons. The van der Waals surface area contributed by atoms with Gasteiger partial charge < -0.3 is 9.80 Å². The second-order valence-electron chi connectivity index (χ2n) is 11.3. The molecule has 1 saturated heterocycles. The van der Waals surface area contributed by atoms with Crippen LogP contribution in [0.15, 0.2) is 47.8 Å². The van der Waals surface area contributed by atoms with Crippen LogP contribution in [-0.2, 0) is 0 Å². The second-order valence-corrected chi connectivity index (χ2v) is 12.1. The van der Waals surface area contributed by atoms with E-state index in [2.05, 4.69) is 59.0 Å². The number of carbonyl (C=O) groups is 1. The molecule has 4 heterocycles. The Morgan fingerprint density at radius 1 is 1.03 bits per heavy atom. The zero-order valence-electron chi connectivity index (χ0n) is 22.5. The van der Waals surface area contributed by atoms with E-state index >= 15 is 0 Å². The number of hydrazine groups is 1. The summed E-state index contributed by atoms with van der Waals surface area (Å²) in [6, 6.07) is 15.3. The molecule has 0 aliphatic carbocycles. The number of thiazole rings is 1. The van der Waals surface area contributed by atoms with Gasteiger partial charge in [-0.3, -0.25) is 9.80 Å². The minimum Gasteiger partial charge on any atom is -0.346 e. The monoisotopic (exact) mass is 538 g/mol. The highest BCUT2D eigenvalue weighted by Gasteiger charge is 2.38. The molecule has 1 fully saturated rings. The van der Waals surface area contributed by atoms with Crippen molar-refractivity contribution in [2.75, 3.05) is 54.7 Å². The minimum atomic E-state index is -0.161. The van der Waals surface area contributed by atoms with E-state index in [9.17, 15) is 10.1 Å². The molecule has 2 aromatic heterocycles. The first kappa shape index (κ1) is 25.2. The van der Waals surface area contributed by atoms with Crippen molar-refractivity contribution < 1.29 is 4.79 Å². The fraction of sp³-hybridized carbons (Fsp3) is 0.345. The highest BCUT2D eigenvalue weighted by Crippen LogP contribution is 2.43. The van der Waals surface area contributed by atoms with E-state index in [4.69, 9.17) is 4.98 Å². The van der Waals surface area contributed by atoms with Gasteiger partial charge in [0.05, 0.1) is 22.3 Å². The summed E-state index contributed by atoms with van der Waals surface area (Å²) in [4.78, 5) is 32.5. The number of aromatic nitrogens is 3. The minimum absolute atomic E-state index is 0.0893. The molecule has 4 aromatic rings. The van der Waals surface area contributed by atoms with Crippen LogP contribution in [0.25, 0.3) is 22.2 Å². The summed E-state index contributed by atoms with van der Waals surface area (Å²) in [5.41, 5.74) is 3.69. The van der Waals surface area contributed by atoms with Gasteiger partial charge >= 0.3 is 0 Å². The summed E-state index contributed by atoms with van der Waals surface area (Å²) in [5, 5.41) is 17.0. The molecule has 2 aliphatic rings. The summed E-state index contributed by atoms with van der Waals surface area (Å²) in [7, 11) is 2.15. The number of likely N-dealkylation sites (N-methyl/N-ethyl adjacent to an activating group) is 1. The zero-order chi connectivity index (χ0) is 27.3. The SMILES string of the molecule is CN1CCN(c2nc(-c3ccc(C(=O)N4c5cccc6nc(C#N)nc(c56)N4CC(C)(C)C)cc3)cs2)CC1. The summed E-state index contributed by atoms with van der Waals surface area (Å²) < 4.78 is 0. The molecule has 0 bridgehead atoms. The molecule has 2 aliphatic heterocycles. The lowest BCUT2D eigenvalue weighted by molar-refractivity contribution is 0.0983. The van der Waals surface area contributed by atoms with Crippen molar-refractivity contribution in [1.82, 2.24) is 19.9 Å². The van der Waals surface area contributed by atoms with Gasteiger partial charge in [0.25, 0.3) is 5.91 Å². The third kappa shape index (κ3) is 4.68. The molecule has 39 heavy (non-hydrogen) atoms. The first-order valence-electron chi connectivity index (χ1n) is 13.0. The Morgan fingerprint density at radius 2 is 1.77 bits per heavy atom. The number of nitrogens with zero attached hydrogens (tertiary/aromatic N) is 8. The molecule has 0 unspecified atom stereocenters. The molecule has 0 radical (unpaired) electrons. The Kier molecular flexibility index (Phi) is 6.20. The standard InChI is InChI=1S/C29H30N8OS/c1-29(2,3)18-36-26-25-21(31-24(16-30)33-26)6-5-7-23(25)37(36)27(38)20-10-8-19(9-11-20)22-17-39-28(32-22)35-14-12-34(4)13-15-35/h5-11,17H,12-15,18H2,1-4H3. The Bertz CT molecular complexity index is 1590. The fourth-order valence-corrected chi connectivity index (χ4v) is 5.93. The predicted octanol–water partition coefficient (Wildman–Crippen LogP) is 4.80. The Balaban J connectivity index is 1.31. The number of hydrogen-bond acceptors (Lipinski definition) is 9. The van der Waals surface area contributed by atoms with Crippen molar-refractivity contribution in [1.29, 1.82) is 5.26 Å². The van der Waals surface area contributed by atoms with Gasteiger partial charge in [-0.25, -0.2) is 15.0 Å². The smallest absolute Gasteiger partial charge is 0.277 e. The number of anilines is 3. The van der Waals surface area contributed by atoms with Crippen molar-refractivity contribution in [3.05, 3.63) is 59.2 Å². The first-order valence-corrected chi connectivity index (χ1v) is 13.9. The van der Waals surface area contributed by atoms with E-state index in [-0.39, 0.29) is 17.1 Å². The predicted molar refractivity (Wildman–Crippen MR) is 155 cm³/mol.